The van der Waals surface area contributed by atoms with Crippen LogP contribution in [0.1, 0.15) is 21.5 Å². The molecule has 0 aromatic heterocycles. The van der Waals surface area contributed by atoms with Crippen LogP contribution >= 0.6 is 0 Å². The number of nitrogens with one attached hydrogen (secondary N) is 2. The fraction of sp³-hybridized carbons (Fsp3) is 0.235. The number of hydrazine groups is 1. The summed E-state index contributed by atoms with van der Waals surface area (Å²) in [5.41, 5.74) is 4.30. The molecule has 8 heteroatoms. The van der Waals surface area contributed by atoms with Gasteiger partial charge in [0.1, 0.15) is 11.5 Å². The molecule has 0 atom stereocenters. The quantitative estimate of drug-likeness (QED) is 0.802. The molecular formula is C17H17F3N2O3. The lowest BCUT2D eigenvalue weighted by atomic mass is 10.1. The molecule has 0 aliphatic rings. The minimum Gasteiger partial charge on any atom is -0.496 e. The Morgan fingerprint density at radius 2 is 1.60 bits per heavy atom. The third-order valence-electron chi connectivity index (χ3n) is 3.56. The number of alkyl halides is 3. The first-order valence-electron chi connectivity index (χ1n) is 7.23. The molecule has 0 aliphatic heterocycles. The number of para-hydroxylation sites is 1. The van der Waals surface area contributed by atoms with Gasteiger partial charge in [-0.25, -0.2) is 0 Å². The number of benzene rings is 2. The van der Waals surface area contributed by atoms with E-state index in [-0.39, 0.29) is 11.3 Å². The second-order valence-corrected chi connectivity index (χ2v) is 5.13. The van der Waals surface area contributed by atoms with Crippen molar-refractivity contribution in [1.82, 2.24) is 5.43 Å². The second-order valence-electron chi connectivity index (χ2n) is 5.13. The van der Waals surface area contributed by atoms with E-state index in [4.69, 9.17) is 9.47 Å². The van der Waals surface area contributed by atoms with E-state index in [2.05, 4.69) is 10.9 Å². The third-order valence-corrected chi connectivity index (χ3v) is 3.56. The van der Waals surface area contributed by atoms with Gasteiger partial charge in [-0.15, -0.1) is 0 Å². The Bertz CT molecular complexity index is 751. The van der Waals surface area contributed by atoms with Gasteiger partial charge in [-0.2, -0.15) is 13.2 Å². The zero-order valence-electron chi connectivity index (χ0n) is 13.8. The lowest BCUT2D eigenvalue weighted by Gasteiger charge is -2.16. The fourth-order valence-electron chi connectivity index (χ4n) is 2.25. The first-order valence-corrected chi connectivity index (χ1v) is 7.23. The van der Waals surface area contributed by atoms with E-state index in [0.29, 0.717) is 17.1 Å². The number of amides is 1. The van der Waals surface area contributed by atoms with Crippen molar-refractivity contribution in [2.24, 2.45) is 0 Å². The summed E-state index contributed by atoms with van der Waals surface area (Å²) in [5.74, 6) is 0.231. The molecule has 134 valence electrons. The summed E-state index contributed by atoms with van der Waals surface area (Å²) in [5, 5.41) is 0. The first kappa shape index (κ1) is 18.4. The molecule has 0 spiro atoms. The summed E-state index contributed by atoms with van der Waals surface area (Å²) >= 11 is 0. The van der Waals surface area contributed by atoms with Crippen LogP contribution < -0.4 is 20.3 Å². The van der Waals surface area contributed by atoms with Crippen LogP contribution in [0.3, 0.4) is 0 Å². The van der Waals surface area contributed by atoms with Gasteiger partial charge in [0.05, 0.1) is 25.5 Å². The highest BCUT2D eigenvalue weighted by atomic mass is 19.4. The number of hydrogen-bond acceptors (Lipinski definition) is 4. The Balaban J connectivity index is 2.22. The molecule has 2 N–H and O–H groups in total. The van der Waals surface area contributed by atoms with Gasteiger partial charge in [0.25, 0.3) is 5.91 Å². The number of methoxy groups -OCH3 is 2. The van der Waals surface area contributed by atoms with Crippen LogP contribution in [0, 0.1) is 6.92 Å². The monoisotopic (exact) mass is 354 g/mol. The molecule has 0 bridgehead atoms. The molecule has 0 heterocycles. The Kier molecular flexibility index (Phi) is 5.41. The first-order chi connectivity index (χ1) is 11.8. The number of ether oxygens (including phenoxy) is 2. The number of anilines is 1. The van der Waals surface area contributed by atoms with Gasteiger partial charge in [-0.1, -0.05) is 12.1 Å². The maximum atomic E-state index is 13.0. The summed E-state index contributed by atoms with van der Waals surface area (Å²) in [4.78, 5) is 12.3. The maximum Gasteiger partial charge on any atom is 0.418 e. The topological polar surface area (TPSA) is 59.6 Å². The van der Waals surface area contributed by atoms with E-state index in [1.165, 1.54) is 44.6 Å². The van der Waals surface area contributed by atoms with E-state index < -0.39 is 17.6 Å². The van der Waals surface area contributed by atoms with E-state index in [9.17, 15) is 18.0 Å². The molecule has 0 saturated carbocycles. The maximum absolute atomic E-state index is 13.0. The summed E-state index contributed by atoms with van der Waals surface area (Å²) in [6.07, 6.45) is -4.54. The van der Waals surface area contributed by atoms with Crippen molar-refractivity contribution in [1.29, 1.82) is 0 Å². The Labute approximate surface area is 142 Å². The van der Waals surface area contributed by atoms with Crippen molar-refractivity contribution in [2.45, 2.75) is 13.1 Å². The van der Waals surface area contributed by atoms with Crippen molar-refractivity contribution in [3.63, 3.8) is 0 Å². The number of hydrogen-bond donors (Lipinski definition) is 2. The lowest BCUT2D eigenvalue weighted by molar-refractivity contribution is -0.137. The number of rotatable bonds is 5. The molecule has 2 aromatic rings. The highest BCUT2D eigenvalue weighted by Gasteiger charge is 2.33. The zero-order chi connectivity index (χ0) is 18.6. The molecule has 0 radical (unpaired) electrons. The van der Waals surface area contributed by atoms with Crippen LogP contribution in [0.5, 0.6) is 11.5 Å². The Hall–Kier alpha value is -2.90. The standard InChI is InChI=1S/C17H17F3N2O3/c1-10-14(24-2)8-11(9-15(10)25-3)16(23)22-21-13-7-5-4-6-12(13)17(18,19)20/h4-9,21H,1-3H3,(H,22,23). The predicted molar refractivity (Wildman–Crippen MR) is 86.8 cm³/mol. The van der Waals surface area contributed by atoms with E-state index in [0.717, 1.165) is 6.07 Å². The molecule has 25 heavy (non-hydrogen) atoms. The molecule has 2 rings (SSSR count). The number of carbonyl (C=O) groups excluding carboxylic acids is 1. The Morgan fingerprint density at radius 3 is 2.12 bits per heavy atom. The third kappa shape index (κ3) is 4.14. The van der Waals surface area contributed by atoms with Gasteiger partial charge < -0.3 is 9.47 Å². The highest BCUT2D eigenvalue weighted by Crippen LogP contribution is 2.34. The fourth-order valence-corrected chi connectivity index (χ4v) is 2.25. The summed E-state index contributed by atoms with van der Waals surface area (Å²) in [6.45, 7) is 1.76. The molecule has 0 unspecified atom stereocenters. The van der Waals surface area contributed by atoms with Crippen molar-refractivity contribution in [2.75, 3.05) is 19.6 Å². The zero-order valence-corrected chi connectivity index (χ0v) is 13.8. The van der Waals surface area contributed by atoms with Gasteiger partial charge in [0.15, 0.2) is 0 Å². The van der Waals surface area contributed by atoms with Gasteiger partial charge in [-0.3, -0.25) is 15.6 Å². The summed E-state index contributed by atoms with van der Waals surface area (Å²) < 4.78 is 49.2. The van der Waals surface area contributed by atoms with Gasteiger partial charge in [-0.05, 0) is 31.2 Å². The van der Waals surface area contributed by atoms with Crippen molar-refractivity contribution >= 4 is 11.6 Å². The molecule has 2 aromatic carbocycles. The second kappa shape index (κ2) is 7.33. The van der Waals surface area contributed by atoms with Crippen molar-refractivity contribution < 1.29 is 27.4 Å². The van der Waals surface area contributed by atoms with Crippen LogP contribution in [0.4, 0.5) is 18.9 Å². The molecule has 0 fully saturated rings. The van der Waals surface area contributed by atoms with Gasteiger partial charge in [0, 0.05) is 11.1 Å². The summed E-state index contributed by atoms with van der Waals surface area (Å²) in [6, 6.07) is 7.80. The van der Waals surface area contributed by atoms with Crippen LogP contribution in [0.15, 0.2) is 36.4 Å². The van der Waals surface area contributed by atoms with Gasteiger partial charge in [0.2, 0.25) is 0 Å². The highest BCUT2D eigenvalue weighted by molar-refractivity contribution is 5.96. The smallest absolute Gasteiger partial charge is 0.418 e. The van der Waals surface area contributed by atoms with E-state index >= 15 is 0 Å². The molecule has 1 amide bonds. The van der Waals surface area contributed by atoms with Crippen molar-refractivity contribution in [3.8, 4) is 11.5 Å². The normalized spacial score (nSPS) is 11.0. The van der Waals surface area contributed by atoms with Crippen LogP contribution in [0.2, 0.25) is 0 Å². The molecule has 5 nitrogen and oxygen atoms in total. The van der Waals surface area contributed by atoms with Crippen LogP contribution in [-0.4, -0.2) is 20.1 Å². The Morgan fingerprint density at radius 1 is 1.04 bits per heavy atom. The number of carbonyl (C=O) groups is 1. The van der Waals surface area contributed by atoms with Crippen LogP contribution in [0.25, 0.3) is 0 Å². The van der Waals surface area contributed by atoms with Crippen LogP contribution in [-0.2, 0) is 6.18 Å². The molecule has 0 saturated heterocycles. The average molecular weight is 354 g/mol. The minimum absolute atomic E-state index is 0.177. The van der Waals surface area contributed by atoms with E-state index in [1.807, 2.05) is 0 Å². The average Bonchev–Trinajstić information content (AvgIpc) is 2.59. The van der Waals surface area contributed by atoms with E-state index in [1.54, 1.807) is 6.92 Å². The molecular weight excluding hydrogens is 337 g/mol. The van der Waals surface area contributed by atoms with Crippen molar-refractivity contribution in [3.05, 3.63) is 53.1 Å². The predicted octanol–water partition coefficient (Wildman–Crippen LogP) is 3.79. The molecule has 0 aliphatic carbocycles. The minimum atomic E-state index is -4.54. The SMILES string of the molecule is COc1cc(C(=O)NNc2ccccc2C(F)(F)F)cc(OC)c1C. The lowest BCUT2D eigenvalue weighted by Crippen LogP contribution is -2.30. The van der Waals surface area contributed by atoms with Gasteiger partial charge >= 0.3 is 6.18 Å². The number of halogens is 3. The summed E-state index contributed by atoms with van der Waals surface area (Å²) in [7, 11) is 2.89. The largest absolute Gasteiger partial charge is 0.496 e.